The maximum Gasteiger partial charge on any atom is 0.226 e. The van der Waals surface area contributed by atoms with Crippen LogP contribution in [-0.4, -0.2) is 10.9 Å². The Labute approximate surface area is 168 Å². The van der Waals surface area contributed by atoms with Crippen LogP contribution < -0.4 is 5.32 Å². The van der Waals surface area contributed by atoms with Gasteiger partial charge in [0.2, 0.25) is 5.91 Å². The molecule has 0 saturated heterocycles. The third-order valence-corrected chi connectivity index (χ3v) is 5.64. The first-order valence-corrected chi connectivity index (χ1v) is 11.3. The number of thiazole rings is 1. The molecular weight excluding hydrogens is 352 g/mol. The molecule has 1 heterocycles. The van der Waals surface area contributed by atoms with Crippen molar-refractivity contribution in [2.24, 2.45) is 0 Å². The largest absolute Gasteiger partial charge is 0.302 e. The average Bonchev–Trinajstić information content (AvgIpc) is 3.12. The first kappa shape index (κ1) is 21.6. The van der Waals surface area contributed by atoms with Gasteiger partial charge in [-0.1, -0.05) is 90.0 Å². The second-order valence-electron chi connectivity index (χ2n) is 7.59. The lowest BCUT2D eigenvalue weighted by Gasteiger charge is -2.05. The molecule has 4 heteroatoms. The third-order valence-electron chi connectivity index (χ3n) is 4.88. The maximum absolute atomic E-state index is 12.1. The normalized spacial score (nSPS) is 11.1. The predicted molar refractivity (Wildman–Crippen MR) is 117 cm³/mol. The number of anilines is 1. The molecule has 2 aromatic rings. The molecule has 0 fully saturated rings. The number of hydrogen-bond donors (Lipinski definition) is 1. The minimum Gasteiger partial charge on any atom is -0.302 e. The molecule has 0 radical (unpaired) electrons. The van der Waals surface area contributed by atoms with E-state index >= 15 is 0 Å². The minimum absolute atomic E-state index is 0.0806. The summed E-state index contributed by atoms with van der Waals surface area (Å²) in [6, 6.07) is 8.52. The van der Waals surface area contributed by atoms with Crippen molar-refractivity contribution in [1.82, 2.24) is 4.98 Å². The van der Waals surface area contributed by atoms with Gasteiger partial charge in [0.1, 0.15) is 0 Å². The summed E-state index contributed by atoms with van der Waals surface area (Å²) in [7, 11) is 0. The highest BCUT2D eigenvalue weighted by Crippen LogP contribution is 2.26. The Bertz CT molecular complexity index is 676. The number of aromatic nitrogens is 1. The van der Waals surface area contributed by atoms with E-state index in [1.807, 2.05) is 5.38 Å². The summed E-state index contributed by atoms with van der Waals surface area (Å²) in [5.41, 5.74) is 3.35. The van der Waals surface area contributed by atoms with E-state index in [0.717, 1.165) is 24.1 Å². The van der Waals surface area contributed by atoms with Crippen molar-refractivity contribution in [2.75, 3.05) is 5.32 Å². The summed E-state index contributed by atoms with van der Waals surface area (Å²) in [5, 5.41) is 5.66. The number of carbonyl (C=O) groups excluding carboxylic acids is 1. The van der Waals surface area contributed by atoms with Gasteiger partial charge in [-0.15, -0.1) is 11.3 Å². The molecule has 27 heavy (non-hydrogen) atoms. The fourth-order valence-corrected chi connectivity index (χ4v) is 3.84. The van der Waals surface area contributed by atoms with E-state index in [-0.39, 0.29) is 5.91 Å². The zero-order valence-corrected chi connectivity index (χ0v) is 17.9. The van der Waals surface area contributed by atoms with Crippen LogP contribution in [0.15, 0.2) is 29.6 Å². The van der Waals surface area contributed by atoms with Gasteiger partial charge in [0.05, 0.1) is 5.69 Å². The number of nitrogens with zero attached hydrogens (tertiary/aromatic N) is 1. The van der Waals surface area contributed by atoms with Gasteiger partial charge in [0.25, 0.3) is 0 Å². The van der Waals surface area contributed by atoms with Gasteiger partial charge in [-0.3, -0.25) is 4.79 Å². The van der Waals surface area contributed by atoms with E-state index in [4.69, 9.17) is 0 Å². The molecule has 0 bridgehead atoms. The lowest BCUT2D eigenvalue weighted by atomic mass is 10.0. The monoisotopic (exact) mass is 386 g/mol. The number of rotatable bonds is 12. The van der Waals surface area contributed by atoms with Gasteiger partial charge < -0.3 is 5.32 Å². The highest BCUT2D eigenvalue weighted by molar-refractivity contribution is 7.14. The van der Waals surface area contributed by atoms with Crippen LogP contribution in [0, 0.1) is 0 Å². The smallest absolute Gasteiger partial charge is 0.226 e. The molecule has 0 aliphatic heterocycles. The average molecular weight is 387 g/mol. The molecular formula is C23H34N2OS. The topological polar surface area (TPSA) is 42.0 Å². The summed E-state index contributed by atoms with van der Waals surface area (Å²) >= 11 is 1.50. The van der Waals surface area contributed by atoms with E-state index in [1.165, 1.54) is 55.4 Å². The Balaban J connectivity index is 1.69. The van der Waals surface area contributed by atoms with Crippen LogP contribution in [0.2, 0.25) is 0 Å². The Morgan fingerprint density at radius 1 is 1.00 bits per heavy atom. The first-order chi connectivity index (χ1) is 13.1. The Morgan fingerprint density at radius 3 is 2.26 bits per heavy atom. The third kappa shape index (κ3) is 7.84. The molecule has 1 aromatic heterocycles. The molecule has 0 aliphatic carbocycles. The van der Waals surface area contributed by atoms with Crippen molar-refractivity contribution in [1.29, 1.82) is 0 Å². The van der Waals surface area contributed by atoms with Crippen LogP contribution in [-0.2, 0) is 4.79 Å². The summed E-state index contributed by atoms with van der Waals surface area (Å²) in [4.78, 5) is 16.7. The van der Waals surface area contributed by atoms with Crippen molar-refractivity contribution in [3.05, 3.63) is 35.2 Å². The Morgan fingerprint density at radius 2 is 1.63 bits per heavy atom. The zero-order valence-electron chi connectivity index (χ0n) is 17.1. The number of hydrogen-bond acceptors (Lipinski definition) is 3. The fraction of sp³-hybridized carbons (Fsp3) is 0.565. The standard InChI is InChI=1S/C23H34N2OS/c1-4-5-6-7-8-9-10-11-12-22(26)25-23-24-21(17-27-23)20-15-13-19(14-16-20)18(2)3/h13-18H,4-12H2,1-3H3,(H,24,25,26). The van der Waals surface area contributed by atoms with Crippen LogP contribution in [0.4, 0.5) is 5.13 Å². The summed E-state index contributed by atoms with van der Waals surface area (Å²) < 4.78 is 0. The molecule has 2 rings (SSSR count). The molecule has 0 saturated carbocycles. The van der Waals surface area contributed by atoms with Crippen molar-refractivity contribution < 1.29 is 4.79 Å². The molecule has 0 unspecified atom stereocenters. The van der Waals surface area contributed by atoms with Crippen molar-refractivity contribution in [2.45, 2.75) is 84.5 Å². The Hall–Kier alpha value is -1.68. The van der Waals surface area contributed by atoms with Crippen LogP contribution in [0.3, 0.4) is 0 Å². The van der Waals surface area contributed by atoms with E-state index in [9.17, 15) is 4.79 Å². The van der Waals surface area contributed by atoms with Crippen LogP contribution in [0.5, 0.6) is 0 Å². The molecule has 0 spiro atoms. The number of amides is 1. The quantitative estimate of drug-likeness (QED) is 0.386. The van der Waals surface area contributed by atoms with Crippen molar-refractivity contribution in [3.8, 4) is 11.3 Å². The van der Waals surface area contributed by atoms with Crippen LogP contribution in [0.1, 0.15) is 90.0 Å². The highest BCUT2D eigenvalue weighted by Gasteiger charge is 2.08. The van der Waals surface area contributed by atoms with Gasteiger partial charge >= 0.3 is 0 Å². The summed E-state index contributed by atoms with van der Waals surface area (Å²) in [5.74, 6) is 0.609. The van der Waals surface area contributed by atoms with Gasteiger partial charge in [-0.05, 0) is 17.9 Å². The molecule has 1 aromatic carbocycles. The molecule has 1 N–H and O–H groups in total. The molecule has 0 atom stereocenters. The second-order valence-corrected chi connectivity index (χ2v) is 8.45. The fourth-order valence-electron chi connectivity index (χ4n) is 3.10. The van der Waals surface area contributed by atoms with Crippen molar-refractivity contribution in [3.63, 3.8) is 0 Å². The Kier molecular flexibility index (Phi) is 9.54. The van der Waals surface area contributed by atoms with Gasteiger partial charge in [-0.2, -0.15) is 0 Å². The van der Waals surface area contributed by atoms with E-state index in [1.54, 1.807) is 0 Å². The number of carbonyl (C=O) groups is 1. The zero-order chi connectivity index (χ0) is 19.5. The first-order valence-electron chi connectivity index (χ1n) is 10.5. The van der Waals surface area contributed by atoms with Crippen LogP contribution >= 0.6 is 11.3 Å². The predicted octanol–water partition coefficient (Wildman–Crippen LogP) is 7.40. The summed E-state index contributed by atoms with van der Waals surface area (Å²) in [6.07, 6.45) is 10.6. The highest BCUT2D eigenvalue weighted by atomic mass is 32.1. The molecule has 0 aliphatic rings. The van der Waals surface area contributed by atoms with Crippen LogP contribution in [0.25, 0.3) is 11.3 Å². The van der Waals surface area contributed by atoms with Gasteiger partial charge in [-0.25, -0.2) is 4.98 Å². The van der Waals surface area contributed by atoms with E-state index in [2.05, 4.69) is 55.3 Å². The lowest BCUT2D eigenvalue weighted by Crippen LogP contribution is -2.10. The summed E-state index contributed by atoms with van der Waals surface area (Å²) in [6.45, 7) is 6.63. The van der Waals surface area contributed by atoms with Gasteiger partial charge in [0.15, 0.2) is 5.13 Å². The van der Waals surface area contributed by atoms with E-state index < -0.39 is 0 Å². The van der Waals surface area contributed by atoms with Gasteiger partial charge in [0, 0.05) is 17.4 Å². The minimum atomic E-state index is 0.0806. The molecule has 148 valence electrons. The van der Waals surface area contributed by atoms with Crippen molar-refractivity contribution >= 4 is 22.4 Å². The SMILES string of the molecule is CCCCCCCCCCC(=O)Nc1nc(-c2ccc(C(C)C)cc2)cs1. The maximum atomic E-state index is 12.1. The lowest BCUT2D eigenvalue weighted by molar-refractivity contribution is -0.116. The number of benzene rings is 1. The number of nitrogens with one attached hydrogen (secondary N) is 1. The van der Waals surface area contributed by atoms with E-state index in [0.29, 0.717) is 17.5 Å². The molecule has 3 nitrogen and oxygen atoms in total. The molecule has 1 amide bonds. The number of unbranched alkanes of at least 4 members (excludes halogenated alkanes) is 7. The second kappa shape index (κ2) is 11.9.